The van der Waals surface area contributed by atoms with Crippen molar-refractivity contribution >= 4 is 33.2 Å². The van der Waals surface area contributed by atoms with Crippen LogP contribution in [-0.2, 0) is 4.79 Å². The molecular weight excluding hydrogens is 335 g/mol. The summed E-state index contributed by atoms with van der Waals surface area (Å²) in [5, 5.41) is 0. The molecule has 21 heavy (non-hydrogen) atoms. The van der Waals surface area contributed by atoms with Crippen molar-refractivity contribution in [3.8, 4) is 0 Å². The SMILES string of the molecule is NC(=O)CCCN(c1ccc(F)cc1)c1cccc(Br)c1. The van der Waals surface area contributed by atoms with Crippen molar-refractivity contribution < 1.29 is 9.18 Å². The van der Waals surface area contributed by atoms with Crippen LogP contribution in [-0.4, -0.2) is 12.5 Å². The first kappa shape index (κ1) is 15.5. The number of carbonyl (C=O) groups excluding carboxylic acids is 1. The molecule has 0 aliphatic carbocycles. The summed E-state index contributed by atoms with van der Waals surface area (Å²) in [6.45, 7) is 0.630. The Bertz CT molecular complexity index is 616. The van der Waals surface area contributed by atoms with E-state index in [0.29, 0.717) is 19.4 Å². The number of amides is 1. The molecule has 2 rings (SSSR count). The van der Waals surface area contributed by atoms with E-state index in [9.17, 15) is 9.18 Å². The molecule has 5 heteroatoms. The van der Waals surface area contributed by atoms with E-state index in [0.717, 1.165) is 15.8 Å². The van der Waals surface area contributed by atoms with Gasteiger partial charge in [-0.25, -0.2) is 4.39 Å². The van der Waals surface area contributed by atoms with Gasteiger partial charge in [0.15, 0.2) is 0 Å². The third kappa shape index (κ3) is 4.56. The number of hydrogen-bond donors (Lipinski definition) is 1. The summed E-state index contributed by atoms with van der Waals surface area (Å²) in [6.07, 6.45) is 0.963. The number of benzene rings is 2. The van der Waals surface area contributed by atoms with E-state index < -0.39 is 0 Å². The Labute approximate surface area is 131 Å². The highest BCUT2D eigenvalue weighted by Crippen LogP contribution is 2.28. The molecule has 2 N–H and O–H groups in total. The fourth-order valence-electron chi connectivity index (χ4n) is 2.08. The van der Waals surface area contributed by atoms with Crippen LogP contribution in [0.5, 0.6) is 0 Å². The molecule has 0 fully saturated rings. The Morgan fingerprint density at radius 3 is 2.48 bits per heavy atom. The lowest BCUT2D eigenvalue weighted by Crippen LogP contribution is -2.20. The monoisotopic (exact) mass is 350 g/mol. The topological polar surface area (TPSA) is 46.3 Å². The van der Waals surface area contributed by atoms with Gasteiger partial charge >= 0.3 is 0 Å². The molecule has 0 aromatic heterocycles. The maximum atomic E-state index is 13.1. The van der Waals surface area contributed by atoms with Gasteiger partial charge in [0.25, 0.3) is 0 Å². The molecule has 0 radical (unpaired) electrons. The van der Waals surface area contributed by atoms with E-state index in [2.05, 4.69) is 15.9 Å². The molecule has 0 saturated carbocycles. The number of carbonyl (C=O) groups is 1. The molecule has 110 valence electrons. The number of primary amides is 1. The third-order valence-electron chi connectivity index (χ3n) is 3.06. The quantitative estimate of drug-likeness (QED) is 0.855. The van der Waals surface area contributed by atoms with Crippen LogP contribution in [0.25, 0.3) is 0 Å². The summed E-state index contributed by atoms with van der Waals surface area (Å²) in [5.41, 5.74) is 7.03. The van der Waals surface area contributed by atoms with Crippen LogP contribution < -0.4 is 10.6 Å². The molecule has 0 aliphatic rings. The van der Waals surface area contributed by atoms with Crippen molar-refractivity contribution in [1.29, 1.82) is 0 Å². The zero-order valence-corrected chi connectivity index (χ0v) is 13.0. The number of hydrogen-bond acceptors (Lipinski definition) is 2. The van der Waals surface area contributed by atoms with Gasteiger partial charge in [-0.3, -0.25) is 4.79 Å². The van der Waals surface area contributed by atoms with Crippen LogP contribution >= 0.6 is 15.9 Å². The predicted molar refractivity (Wildman–Crippen MR) is 86.0 cm³/mol. The molecule has 0 saturated heterocycles. The van der Waals surface area contributed by atoms with Gasteiger partial charge in [0, 0.05) is 28.8 Å². The lowest BCUT2D eigenvalue weighted by molar-refractivity contribution is -0.118. The molecule has 0 aliphatic heterocycles. The molecule has 0 atom stereocenters. The van der Waals surface area contributed by atoms with Crippen molar-refractivity contribution in [3.63, 3.8) is 0 Å². The summed E-state index contributed by atoms with van der Waals surface area (Å²) < 4.78 is 14.0. The van der Waals surface area contributed by atoms with Gasteiger partial charge in [-0.2, -0.15) is 0 Å². The maximum absolute atomic E-state index is 13.1. The summed E-state index contributed by atoms with van der Waals surface area (Å²) in [7, 11) is 0. The van der Waals surface area contributed by atoms with Gasteiger partial charge in [-0.15, -0.1) is 0 Å². The first-order valence-corrected chi connectivity index (χ1v) is 7.42. The second kappa shape index (κ2) is 7.22. The van der Waals surface area contributed by atoms with E-state index in [4.69, 9.17) is 5.73 Å². The maximum Gasteiger partial charge on any atom is 0.217 e. The number of nitrogens with two attached hydrogens (primary N) is 1. The Morgan fingerprint density at radius 1 is 1.14 bits per heavy atom. The highest BCUT2D eigenvalue weighted by Gasteiger charge is 2.10. The summed E-state index contributed by atoms with van der Waals surface area (Å²) >= 11 is 3.45. The van der Waals surface area contributed by atoms with Gasteiger partial charge in [-0.05, 0) is 48.9 Å². The first-order valence-electron chi connectivity index (χ1n) is 6.63. The summed E-state index contributed by atoms with van der Waals surface area (Å²) in [5.74, 6) is -0.589. The molecular formula is C16H16BrFN2O. The van der Waals surface area contributed by atoms with Gasteiger partial charge in [0.05, 0.1) is 0 Å². The van der Waals surface area contributed by atoms with Gasteiger partial charge in [0.2, 0.25) is 5.91 Å². The van der Waals surface area contributed by atoms with E-state index in [1.165, 1.54) is 12.1 Å². The van der Waals surface area contributed by atoms with Gasteiger partial charge in [-0.1, -0.05) is 22.0 Å². The van der Waals surface area contributed by atoms with Crippen LogP contribution in [0.4, 0.5) is 15.8 Å². The van der Waals surface area contributed by atoms with Crippen LogP contribution in [0, 0.1) is 5.82 Å². The van der Waals surface area contributed by atoms with Crippen molar-refractivity contribution in [3.05, 3.63) is 58.8 Å². The fraction of sp³-hybridized carbons (Fsp3) is 0.188. The van der Waals surface area contributed by atoms with Crippen molar-refractivity contribution in [1.82, 2.24) is 0 Å². The molecule has 0 heterocycles. The van der Waals surface area contributed by atoms with Crippen LogP contribution in [0.1, 0.15) is 12.8 Å². The lowest BCUT2D eigenvalue weighted by atomic mass is 10.2. The van der Waals surface area contributed by atoms with E-state index in [1.54, 1.807) is 12.1 Å². The first-order chi connectivity index (χ1) is 10.1. The number of rotatable bonds is 6. The second-order valence-electron chi connectivity index (χ2n) is 4.68. The Morgan fingerprint density at radius 2 is 1.86 bits per heavy atom. The zero-order chi connectivity index (χ0) is 15.2. The van der Waals surface area contributed by atoms with Crippen molar-refractivity contribution in [2.75, 3.05) is 11.4 Å². The Balaban J connectivity index is 2.25. The average molecular weight is 351 g/mol. The molecule has 2 aromatic carbocycles. The zero-order valence-electron chi connectivity index (χ0n) is 11.4. The van der Waals surface area contributed by atoms with Gasteiger partial charge in [0.1, 0.15) is 5.82 Å². The summed E-state index contributed by atoms with van der Waals surface area (Å²) in [6, 6.07) is 14.1. The molecule has 0 unspecified atom stereocenters. The standard InChI is InChI=1S/C16H16BrFN2O/c17-12-3-1-4-15(11-12)20(10-2-5-16(19)21)14-8-6-13(18)7-9-14/h1,3-4,6-9,11H,2,5,10H2,(H2,19,21). The Kier molecular flexibility index (Phi) is 5.33. The minimum absolute atomic E-state index is 0.273. The highest BCUT2D eigenvalue weighted by molar-refractivity contribution is 9.10. The van der Waals surface area contributed by atoms with E-state index in [1.807, 2.05) is 29.2 Å². The molecule has 0 spiro atoms. The average Bonchev–Trinajstić information content (AvgIpc) is 2.44. The van der Waals surface area contributed by atoms with Crippen LogP contribution in [0.3, 0.4) is 0 Å². The highest BCUT2D eigenvalue weighted by atomic mass is 79.9. The van der Waals surface area contributed by atoms with Gasteiger partial charge < -0.3 is 10.6 Å². The van der Waals surface area contributed by atoms with E-state index in [-0.39, 0.29) is 11.7 Å². The minimum atomic E-state index is -0.316. The molecule has 3 nitrogen and oxygen atoms in total. The predicted octanol–water partition coefficient (Wildman–Crippen LogP) is 3.99. The van der Waals surface area contributed by atoms with E-state index >= 15 is 0 Å². The third-order valence-corrected chi connectivity index (χ3v) is 3.56. The molecule has 0 bridgehead atoms. The fourth-order valence-corrected chi connectivity index (χ4v) is 2.47. The smallest absolute Gasteiger partial charge is 0.217 e. The minimum Gasteiger partial charge on any atom is -0.370 e. The summed E-state index contributed by atoms with van der Waals surface area (Å²) in [4.78, 5) is 12.9. The lowest BCUT2D eigenvalue weighted by Gasteiger charge is -2.25. The number of halogens is 2. The second-order valence-corrected chi connectivity index (χ2v) is 5.59. The molecule has 2 aromatic rings. The number of anilines is 2. The van der Waals surface area contributed by atoms with Crippen molar-refractivity contribution in [2.45, 2.75) is 12.8 Å². The largest absolute Gasteiger partial charge is 0.370 e. The van der Waals surface area contributed by atoms with Crippen LogP contribution in [0.2, 0.25) is 0 Å². The Hall–Kier alpha value is -1.88. The van der Waals surface area contributed by atoms with Crippen molar-refractivity contribution in [2.24, 2.45) is 5.73 Å². The van der Waals surface area contributed by atoms with Crippen LogP contribution in [0.15, 0.2) is 53.0 Å². The number of nitrogens with zero attached hydrogens (tertiary/aromatic N) is 1. The normalized spacial score (nSPS) is 10.4. The molecule has 1 amide bonds.